The molecule has 174 valence electrons. The maximum absolute atomic E-state index is 13.3. The lowest BCUT2D eigenvalue weighted by atomic mass is 10.1. The molecule has 0 saturated carbocycles. The first-order valence-electron chi connectivity index (χ1n) is 10.7. The third kappa shape index (κ3) is 6.88. The van der Waals surface area contributed by atoms with E-state index in [-0.39, 0.29) is 31.3 Å². The Morgan fingerprint density at radius 1 is 0.935 bits per heavy atom. The lowest BCUT2D eigenvalue weighted by molar-refractivity contribution is 0.0695. The summed E-state index contributed by atoms with van der Waals surface area (Å²) in [5.74, 6) is -1.10. The fourth-order valence-corrected chi connectivity index (χ4v) is 4.69. The van der Waals surface area contributed by atoms with Crippen LogP contribution in [0.2, 0.25) is 51.4 Å². The van der Waals surface area contributed by atoms with Gasteiger partial charge in [0.1, 0.15) is 13.5 Å². The smallest absolute Gasteiger partial charge is 0.337 e. The average molecular weight is 468 g/mol. The third-order valence-electron chi connectivity index (χ3n) is 5.12. The molecule has 0 radical (unpaired) electrons. The highest BCUT2D eigenvalue weighted by atomic mass is 28.3. The van der Waals surface area contributed by atoms with Gasteiger partial charge >= 0.3 is 11.7 Å². The van der Waals surface area contributed by atoms with Gasteiger partial charge in [-0.3, -0.25) is 9.13 Å². The van der Waals surface area contributed by atoms with Crippen LogP contribution in [0.5, 0.6) is 0 Å². The Hall–Kier alpha value is -1.73. The molecule has 0 aliphatic heterocycles. The number of carboxylic acids is 1. The number of nitrogens with zero attached hydrogens (tertiary/aromatic N) is 2. The van der Waals surface area contributed by atoms with E-state index in [9.17, 15) is 14.7 Å². The topological polar surface area (TPSA) is 109 Å². The molecule has 1 aromatic carbocycles. The van der Waals surface area contributed by atoms with Gasteiger partial charge < -0.3 is 20.3 Å². The Morgan fingerprint density at radius 3 is 1.84 bits per heavy atom. The Labute approximate surface area is 186 Å². The summed E-state index contributed by atoms with van der Waals surface area (Å²) in [5.41, 5.74) is 7.17. The number of carbonyl (C=O) groups is 1. The summed E-state index contributed by atoms with van der Waals surface area (Å²) in [4.78, 5) is 25.2. The zero-order valence-electron chi connectivity index (χ0n) is 19.7. The van der Waals surface area contributed by atoms with Crippen molar-refractivity contribution in [3.63, 3.8) is 0 Å². The predicted molar refractivity (Wildman–Crippen MR) is 129 cm³/mol. The van der Waals surface area contributed by atoms with Gasteiger partial charge in [-0.2, -0.15) is 0 Å². The predicted octanol–water partition coefficient (Wildman–Crippen LogP) is 3.58. The van der Waals surface area contributed by atoms with Gasteiger partial charge in [-0.05, 0) is 23.7 Å². The lowest BCUT2D eigenvalue weighted by Crippen LogP contribution is -2.28. The summed E-state index contributed by atoms with van der Waals surface area (Å²) in [7, 11) is -2.55. The van der Waals surface area contributed by atoms with Gasteiger partial charge in [-0.15, -0.1) is 0 Å². The monoisotopic (exact) mass is 467 g/mol. The highest BCUT2D eigenvalue weighted by Crippen LogP contribution is 2.23. The number of hydrogen-bond donors (Lipinski definition) is 2. The second kappa shape index (κ2) is 10.3. The number of aromatic carboxylic acids is 1. The minimum Gasteiger partial charge on any atom is -0.478 e. The van der Waals surface area contributed by atoms with Crippen LogP contribution in [0.25, 0.3) is 11.0 Å². The van der Waals surface area contributed by atoms with Crippen molar-refractivity contribution in [1.29, 1.82) is 0 Å². The molecule has 0 amide bonds. The van der Waals surface area contributed by atoms with Crippen molar-refractivity contribution in [2.45, 2.75) is 71.4 Å². The van der Waals surface area contributed by atoms with E-state index in [2.05, 4.69) is 39.3 Å². The van der Waals surface area contributed by atoms with Gasteiger partial charge in [-0.1, -0.05) is 45.3 Å². The summed E-state index contributed by atoms with van der Waals surface area (Å²) < 4.78 is 14.5. The number of imidazole rings is 1. The number of ether oxygens (including phenoxy) is 2. The number of carboxylic acid groups (broad SMARTS) is 1. The van der Waals surface area contributed by atoms with Crippen molar-refractivity contribution in [2.24, 2.45) is 5.73 Å². The summed E-state index contributed by atoms with van der Waals surface area (Å²) in [6, 6.07) is 5.10. The highest BCUT2D eigenvalue weighted by Gasteiger charge is 2.23. The van der Waals surface area contributed by atoms with Crippen LogP contribution >= 0.6 is 0 Å². The summed E-state index contributed by atoms with van der Waals surface area (Å²) in [6.45, 7) is 14.9. The van der Waals surface area contributed by atoms with Crippen LogP contribution < -0.4 is 11.4 Å². The highest BCUT2D eigenvalue weighted by molar-refractivity contribution is 6.76. The number of fused-ring (bicyclic) bond motifs is 1. The number of rotatable bonds is 12. The minimum atomic E-state index is -1.28. The van der Waals surface area contributed by atoms with E-state index < -0.39 is 22.1 Å². The standard InChI is InChI=1S/C21H37N3O5Si2/c1-30(2,3)11-9-28-14-23-18-16(13-22)7-8-17(20(25)26)19(18)24(21(23)27)15-29-10-12-31(4,5)6/h7-8H,9-15,22H2,1-6H3,(H,25,26). The number of hydrogen-bond acceptors (Lipinski definition) is 5. The van der Waals surface area contributed by atoms with Gasteiger partial charge in [0.2, 0.25) is 0 Å². The van der Waals surface area contributed by atoms with E-state index in [1.54, 1.807) is 6.07 Å². The van der Waals surface area contributed by atoms with E-state index >= 15 is 0 Å². The van der Waals surface area contributed by atoms with Crippen molar-refractivity contribution >= 4 is 33.2 Å². The van der Waals surface area contributed by atoms with Crippen molar-refractivity contribution < 1.29 is 19.4 Å². The molecule has 10 heteroatoms. The molecule has 0 atom stereocenters. The fraction of sp³-hybridized carbons (Fsp3) is 0.619. The van der Waals surface area contributed by atoms with Gasteiger partial charge in [0.15, 0.2) is 0 Å². The Bertz CT molecular complexity index is 971. The SMILES string of the molecule is C[Si](C)(C)CCOCn1c(=O)n(COCC[Si](C)(C)C)c2c(C(=O)O)ccc(CN)c21. The second-order valence-corrected chi connectivity index (χ2v) is 21.6. The van der Waals surface area contributed by atoms with Crippen LogP contribution in [-0.2, 0) is 29.5 Å². The van der Waals surface area contributed by atoms with E-state index in [0.717, 1.165) is 12.1 Å². The average Bonchev–Trinajstić information content (AvgIpc) is 2.92. The molecular weight excluding hydrogens is 430 g/mol. The quantitative estimate of drug-likeness (QED) is 0.365. The van der Waals surface area contributed by atoms with E-state index in [4.69, 9.17) is 15.2 Å². The van der Waals surface area contributed by atoms with Crippen molar-refractivity contribution in [3.05, 3.63) is 33.7 Å². The molecule has 2 rings (SSSR count). The van der Waals surface area contributed by atoms with E-state index in [1.807, 2.05) is 0 Å². The fourth-order valence-electron chi connectivity index (χ4n) is 3.18. The minimum absolute atomic E-state index is 0.00395. The molecular formula is C21H37N3O5Si2. The zero-order valence-corrected chi connectivity index (χ0v) is 21.7. The second-order valence-electron chi connectivity index (χ2n) is 10.3. The van der Waals surface area contributed by atoms with Crippen LogP contribution in [0.15, 0.2) is 16.9 Å². The molecule has 0 spiro atoms. The Balaban J connectivity index is 2.44. The number of benzene rings is 1. The molecule has 1 aromatic heterocycles. The van der Waals surface area contributed by atoms with Crippen LogP contribution in [0.4, 0.5) is 0 Å². The molecule has 3 N–H and O–H groups in total. The zero-order chi connectivity index (χ0) is 23.4. The van der Waals surface area contributed by atoms with Gasteiger partial charge in [0, 0.05) is 35.9 Å². The Morgan fingerprint density at radius 2 is 1.42 bits per heavy atom. The molecule has 31 heavy (non-hydrogen) atoms. The summed E-state index contributed by atoms with van der Waals surface area (Å²) >= 11 is 0. The molecule has 0 bridgehead atoms. The molecule has 0 saturated heterocycles. The molecule has 0 fully saturated rings. The first kappa shape index (κ1) is 25.5. The molecule has 0 aliphatic rings. The normalized spacial score (nSPS) is 12.6. The third-order valence-corrected chi connectivity index (χ3v) is 8.53. The molecule has 8 nitrogen and oxygen atoms in total. The maximum Gasteiger partial charge on any atom is 0.337 e. The number of aromatic nitrogens is 2. The first-order valence-corrected chi connectivity index (χ1v) is 18.1. The molecule has 0 unspecified atom stereocenters. The first-order chi connectivity index (χ1) is 14.4. The molecule has 1 heterocycles. The Kier molecular flexibility index (Phi) is 8.45. The summed E-state index contributed by atoms with van der Waals surface area (Å²) in [6.07, 6.45) is 0. The van der Waals surface area contributed by atoms with E-state index in [0.29, 0.717) is 29.8 Å². The van der Waals surface area contributed by atoms with Crippen molar-refractivity contribution in [2.75, 3.05) is 13.2 Å². The molecule has 2 aromatic rings. The van der Waals surface area contributed by atoms with Crippen LogP contribution in [0.1, 0.15) is 15.9 Å². The van der Waals surface area contributed by atoms with Gasteiger partial charge in [0.25, 0.3) is 0 Å². The van der Waals surface area contributed by atoms with Gasteiger partial charge in [0.05, 0.1) is 16.6 Å². The maximum atomic E-state index is 13.3. The van der Waals surface area contributed by atoms with E-state index in [1.165, 1.54) is 15.2 Å². The van der Waals surface area contributed by atoms with Crippen LogP contribution in [0.3, 0.4) is 0 Å². The summed E-state index contributed by atoms with van der Waals surface area (Å²) in [5, 5.41) is 9.74. The van der Waals surface area contributed by atoms with Gasteiger partial charge in [-0.25, -0.2) is 9.59 Å². The van der Waals surface area contributed by atoms with Crippen molar-refractivity contribution in [1.82, 2.24) is 9.13 Å². The number of nitrogens with two attached hydrogens (primary N) is 1. The van der Waals surface area contributed by atoms with Crippen LogP contribution in [0, 0.1) is 0 Å². The van der Waals surface area contributed by atoms with Crippen LogP contribution in [-0.4, -0.2) is 49.6 Å². The lowest BCUT2D eigenvalue weighted by Gasteiger charge is -2.15. The van der Waals surface area contributed by atoms with Crippen molar-refractivity contribution in [3.8, 4) is 0 Å². The largest absolute Gasteiger partial charge is 0.478 e. The molecule has 0 aliphatic carbocycles.